The molecular weight excluding hydrogens is 328 g/mol. The van der Waals surface area contributed by atoms with Gasteiger partial charge in [0.2, 0.25) is 0 Å². The molecule has 0 unspecified atom stereocenters. The summed E-state index contributed by atoms with van der Waals surface area (Å²) < 4.78 is 0. The van der Waals surface area contributed by atoms with E-state index in [4.69, 9.17) is 5.41 Å². The standard InChI is InChI=1S/C16H16N4OS2/c1-19(2)13-3-5-18-15-12(13)7-14(23-15)16(21)20(10-17)8-11-4-6-22-9-11/h3-7,9-10,17H,8H2,1-2H3. The molecule has 0 aliphatic rings. The number of nitrogens with one attached hydrogen (secondary N) is 1. The Morgan fingerprint density at radius 3 is 2.87 bits per heavy atom. The maximum atomic E-state index is 12.7. The Morgan fingerprint density at radius 2 is 2.22 bits per heavy atom. The molecule has 3 aromatic heterocycles. The van der Waals surface area contributed by atoms with Crippen LogP contribution in [0.15, 0.2) is 35.2 Å². The predicted molar refractivity (Wildman–Crippen MR) is 96.9 cm³/mol. The molecule has 23 heavy (non-hydrogen) atoms. The monoisotopic (exact) mass is 344 g/mol. The van der Waals surface area contributed by atoms with Crippen LogP contribution in [0.4, 0.5) is 5.69 Å². The molecule has 3 aromatic rings. The van der Waals surface area contributed by atoms with Gasteiger partial charge in [-0.1, -0.05) is 0 Å². The molecule has 0 radical (unpaired) electrons. The maximum absolute atomic E-state index is 12.7. The van der Waals surface area contributed by atoms with E-state index in [0.717, 1.165) is 27.8 Å². The van der Waals surface area contributed by atoms with Gasteiger partial charge in [0, 0.05) is 31.4 Å². The number of aromatic nitrogens is 1. The van der Waals surface area contributed by atoms with Crippen molar-refractivity contribution in [2.24, 2.45) is 0 Å². The highest BCUT2D eigenvalue weighted by molar-refractivity contribution is 7.20. The van der Waals surface area contributed by atoms with Gasteiger partial charge in [-0.15, -0.1) is 11.3 Å². The molecule has 0 spiro atoms. The Bertz CT molecular complexity index is 839. The fraction of sp³-hybridized carbons (Fsp3) is 0.188. The van der Waals surface area contributed by atoms with Gasteiger partial charge in [0.05, 0.1) is 17.8 Å². The summed E-state index contributed by atoms with van der Waals surface area (Å²) in [7, 11) is 3.93. The smallest absolute Gasteiger partial charge is 0.269 e. The molecule has 1 amide bonds. The fourth-order valence-electron chi connectivity index (χ4n) is 2.32. The van der Waals surface area contributed by atoms with Gasteiger partial charge in [0.1, 0.15) is 4.83 Å². The molecule has 5 nitrogen and oxygen atoms in total. The number of hydrogen-bond donors (Lipinski definition) is 1. The first kappa shape index (κ1) is 15.6. The quantitative estimate of drug-likeness (QED) is 0.567. The van der Waals surface area contributed by atoms with Crippen LogP contribution in [-0.4, -0.2) is 36.2 Å². The topological polar surface area (TPSA) is 60.3 Å². The number of anilines is 1. The van der Waals surface area contributed by atoms with Crippen molar-refractivity contribution in [3.05, 3.63) is 45.6 Å². The molecule has 0 atom stereocenters. The van der Waals surface area contributed by atoms with Crippen LogP contribution in [0.5, 0.6) is 0 Å². The molecular formula is C16H16N4OS2. The molecule has 118 valence electrons. The molecule has 0 aliphatic heterocycles. The van der Waals surface area contributed by atoms with Crippen LogP contribution in [0.3, 0.4) is 0 Å². The zero-order valence-corrected chi connectivity index (χ0v) is 14.4. The van der Waals surface area contributed by atoms with E-state index in [1.54, 1.807) is 17.5 Å². The molecule has 3 heterocycles. The zero-order chi connectivity index (χ0) is 16.4. The SMILES string of the molecule is CN(C)c1ccnc2sc(C(=O)N(C=N)Cc3ccsc3)cc12. The van der Waals surface area contributed by atoms with E-state index in [-0.39, 0.29) is 5.91 Å². The molecule has 0 aromatic carbocycles. The number of fused-ring (bicyclic) bond motifs is 1. The number of nitrogens with zero attached hydrogens (tertiary/aromatic N) is 3. The van der Waals surface area contributed by atoms with E-state index in [1.165, 1.54) is 16.2 Å². The van der Waals surface area contributed by atoms with Gasteiger partial charge in [-0.2, -0.15) is 11.3 Å². The van der Waals surface area contributed by atoms with E-state index >= 15 is 0 Å². The third-order valence-electron chi connectivity index (χ3n) is 3.45. The van der Waals surface area contributed by atoms with Crippen molar-refractivity contribution in [3.63, 3.8) is 0 Å². The number of carbonyl (C=O) groups excluding carboxylic acids is 1. The average Bonchev–Trinajstić information content (AvgIpc) is 3.20. The Labute approximate surface area is 142 Å². The van der Waals surface area contributed by atoms with Crippen molar-refractivity contribution in [2.75, 3.05) is 19.0 Å². The molecule has 0 saturated carbocycles. The maximum Gasteiger partial charge on any atom is 0.269 e. The van der Waals surface area contributed by atoms with Gasteiger partial charge in [-0.05, 0) is 34.5 Å². The predicted octanol–water partition coefficient (Wildman–Crippen LogP) is 3.67. The minimum Gasteiger partial charge on any atom is -0.377 e. The lowest BCUT2D eigenvalue weighted by molar-refractivity contribution is 0.0849. The highest BCUT2D eigenvalue weighted by Crippen LogP contribution is 2.31. The first-order valence-electron chi connectivity index (χ1n) is 6.98. The van der Waals surface area contributed by atoms with E-state index in [1.807, 2.05) is 48.0 Å². The summed E-state index contributed by atoms with van der Waals surface area (Å²) in [6, 6.07) is 5.77. The largest absolute Gasteiger partial charge is 0.377 e. The lowest BCUT2D eigenvalue weighted by Crippen LogP contribution is -2.27. The Balaban J connectivity index is 1.93. The van der Waals surface area contributed by atoms with Gasteiger partial charge in [0.25, 0.3) is 5.91 Å². The molecule has 7 heteroatoms. The lowest BCUT2D eigenvalue weighted by atomic mass is 10.2. The molecule has 3 rings (SSSR count). The Hall–Kier alpha value is -2.25. The van der Waals surface area contributed by atoms with Gasteiger partial charge in [-0.3, -0.25) is 15.1 Å². The Kier molecular flexibility index (Phi) is 4.40. The number of amides is 1. The van der Waals surface area contributed by atoms with Crippen LogP contribution in [0, 0.1) is 5.41 Å². The van der Waals surface area contributed by atoms with Crippen LogP contribution in [0.1, 0.15) is 15.2 Å². The number of rotatable bonds is 5. The second-order valence-corrected chi connectivity index (χ2v) is 7.06. The van der Waals surface area contributed by atoms with Crippen LogP contribution < -0.4 is 4.90 Å². The minimum absolute atomic E-state index is 0.168. The molecule has 1 N–H and O–H groups in total. The number of thiophene rings is 2. The summed E-state index contributed by atoms with van der Waals surface area (Å²) in [6.45, 7) is 0.411. The van der Waals surface area contributed by atoms with Gasteiger partial charge in [-0.25, -0.2) is 4.98 Å². The van der Waals surface area contributed by atoms with Crippen molar-refractivity contribution in [1.82, 2.24) is 9.88 Å². The number of pyridine rings is 1. The summed E-state index contributed by atoms with van der Waals surface area (Å²) >= 11 is 2.95. The van der Waals surface area contributed by atoms with Crippen LogP contribution in [-0.2, 0) is 6.54 Å². The summed E-state index contributed by atoms with van der Waals surface area (Å²) in [4.78, 5) is 21.9. The Morgan fingerprint density at radius 1 is 1.39 bits per heavy atom. The molecule has 0 fully saturated rings. The van der Waals surface area contributed by atoms with Crippen LogP contribution >= 0.6 is 22.7 Å². The number of hydrogen-bond acceptors (Lipinski definition) is 6. The summed E-state index contributed by atoms with van der Waals surface area (Å²) in [5.74, 6) is -0.168. The number of carbonyl (C=O) groups is 1. The van der Waals surface area contributed by atoms with Crippen molar-refractivity contribution < 1.29 is 4.79 Å². The third kappa shape index (κ3) is 3.11. The first-order valence-corrected chi connectivity index (χ1v) is 8.74. The van der Waals surface area contributed by atoms with Crippen molar-refractivity contribution in [2.45, 2.75) is 6.54 Å². The highest BCUT2D eigenvalue weighted by Gasteiger charge is 2.19. The highest BCUT2D eigenvalue weighted by atomic mass is 32.1. The fourth-order valence-corrected chi connectivity index (χ4v) is 3.95. The lowest BCUT2D eigenvalue weighted by Gasteiger charge is -2.15. The van der Waals surface area contributed by atoms with E-state index < -0.39 is 0 Å². The van der Waals surface area contributed by atoms with Crippen molar-refractivity contribution in [1.29, 1.82) is 5.41 Å². The van der Waals surface area contributed by atoms with E-state index in [9.17, 15) is 4.79 Å². The first-order chi connectivity index (χ1) is 11.1. The van der Waals surface area contributed by atoms with E-state index in [0.29, 0.717) is 11.4 Å². The van der Waals surface area contributed by atoms with Gasteiger partial charge >= 0.3 is 0 Å². The van der Waals surface area contributed by atoms with Gasteiger partial charge < -0.3 is 4.90 Å². The van der Waals surface area contributed by atoms with Gasteiger partial charge in [0.15, 0.2) is 0 Å². The summed E-state index contributed by atoms with van der Waals surface area (Å²) in [5.41, 5.74) is 2.06. The third-order valence-corrected chi connectivity index (χ3v) is 5.22. The normalized spacial score (nSPS) is 10.7. The van der Waals surface area contributed by atoms with Crippen molar-refractivity contribution in [3.8, 4) is 0 Å². The van der Waals surface area contributed by atoms with Crippen molar-refractivity contribution >= 4 is 50.8 Å². The molecule has 0 bridgehead atoms. The zero-order valence-electron chi connectivity index (χ0n) is 12.8. The second kappa shape index (κ2) is 6.47. The van der Waals surface area contributed by atoms with Crippen LogP contribution in [0.25, 0.3) is 10.2 Å². The average molecular weight is 344 g/mol. The summed E-state index contributed by atoms with van der Waals surface area (Å²) in [6.07, 6.45) is 2.84. The molecule has 0 saturated heterocycles. The summed E-state index contributed by atoms with van der Waals surface area (Å²) in [5, 5.41) is 12.5. The van der Waals surface area contributed by atoms with Crippen LogP contribution in [0.2, 0.25) is 0 Å². The minimum atomic E-state index is -0.168. The van der Waals surface area contributed by atoms with E-state index in [2.05, 4.69) is 4.98 Å². The molecule has 0 aliphatic carbocycles. The second-order valence-electron chi connectivity index (χ2n) is 5.25.